The zero-order chi connectivity index (χ0) is 17.6. The molecule has 7 nitrogen and oxygen atoms in total. The number of carbonyl (C=O) groups is 2. The van der Waals surface area contributed by atoms with Crippen molar-refractivity contribution in [3.05, 3.63) is 45.9 Å². The van der Waals surface area contributed by atoms with Crippen molar-refractivity contribution in [1.82, 2.24) is 15.0 Å². The zero-order valence-corrected chi connectivity index (χ0v) is 14.1. The quantitative estimate of drug-likeness (QED) is 0.710. The van der Waals surface area contributed by atoms with Crippen molar-refractivity contribution in [2.45, 2.75) is 6.54 Å². The molecule has 1 aliphatic rings. The van der Waals surface area contributed by atoms with E-state index in [4.69, 9.17) is 27.9 Å². The van der Waals surface area contributed by atoms with Crippen LogP contribution in [0.15, 0.2) is 30.3 Å². The number of Topliss-reactive ketones (excluding diaryl/α,β-unsaturated/α-hetero) is 1. The molecule has 1 aromatic heterocycles. The standard InChI is InChI=1S/C16H10Cl2N4O3/c17-9-4-11-13(5-10(9)18)22(21-20-11)6-14(23)8-1-2-15-12(3-8)19-16(24)7-25-15/h1-5H,6-7H2,(H,19,24). The first-order valence-electron chi connectivity index (χ1n) is 7.29. The molecule has 1 aliphatic heterocycles. The van der Waals surface area contributed by atoms with Gasteiger partial charge in [-0.1, -0.05) is 28.4 Å². The van der Waals surface area contributed by atoms with Gasteiger partial charge in [0.1, 0.15) is 17.8 Å². The van der Waals surface area contributed by atoms with Crippen LogP contribution >= 0.6 is 23.2 Å². The Morgan fingerprint density at radius 2 is 2.04 bits per heavy atom. The second kappa shape index (κ2) is 6.02. The van der Waals surface area contributed by atoms with E-state index in [1.54, 1.807) is 30.3 Å². The third kappa shape index (κ3) is 2.92. The summed E-state index contributed by atoms with van der Waals surface area (Å²) in [5.74, 6) is 0.0789. The molecule has 0 atom stereocenters. The van der Waals surface area contributed by atoms with E-state index in [1.165, 1.54) is 4.68 Å². The van der Waals surface area contributed by atoms with Gasteiger partial charge in [-0.15, -0.1) is 5.10 Å². The van der Waals surface area contributed by atoms with Gasteiger partial charge in [-0.25, -0.2) is 4.68 Å². The first-order valence-corrected chi connectivity index (χ1v) is 8.05. The predicted octanol–water partition coefficient (Wildman–Crippen LogP) is 2.95. The Morgan fingerprint density at radius 1 is 1.24 bits per heavy atom. The molecule has 1 amide bonds. The maximum Gasteiger partial charge on any atom is 0.262 e. The summed E-state index contributed by atoms with van der Waals surface area (Å²) >= 11 is 12.0. The molecule has 126 valence electrons. The van der Waals surface area contributed by atoms with Crippen molar-refractivity contribution in [2.24, 2.45) is 0 Å². The number of anilines is 1. The van der Waals surface area contributed by atoms with Crippen molar-refractivity contribution < 1.29 is 14.3 Å². The second-order valence-electron chi connectivity index (χ2n) is 5.47. The highest BCUT2D eigenvalue weighted by Gasteiger charge is 2.19. The van der Waals surface area contributed by atoms with E-state index < -0.39 is 0 Å². The number of aromatic nitrogens is 3. The van der Waals surface area contributed by atoms with Crippen LogP contribution in [0.1, 0.15) is 10.4 Å². The first kappa shape index (κ1) is 15.9. The Balaban J connectivity index is 1.63. The van der Waals surface area contributed by atoms with E-state index >= 15 is 0 Å². The monoisotopic (exact) mass is 376 g/mol. The third-order valence-corrected chi connectivity index (χ3v) is 4.51. The summed E-state index contributed by atoms with van der Waals surface area (Å²) < 4.78 is 6.73. The lowest BCUT2D eigenvalue weighted by Crippen LogP contribution is -2.25. The largest absolute Gasteiger partial charge is 0.482 e. The fraction of sp³-hybridized carbons (Fsp3) is 0.125. The number of amides is 1. The highest BCUT2D eigenvalue weighted by molar-refractivity contribution is 6.42. The van der Waals surface area contributed by atoms with Gasteiger partial charge in [0.05, 0.1) is 21.2 Å². The minimum absolute atomic E-state index is 0.0257. The molecule has 2 aromatic carbocycles. The van der Waals surface area contributed by atoms with Crippen LogP contribution in [0, 0.1) is 0 Å². The number of hydrogen-bond acceptors (Lipinski definition) is 5. The molecule has 3 aromatic rings. The smallest absolute Gasteiger partial charge is 0.262 e. The summed E-state index contributed by atoms with van der Waals surface area (Å²) in [6, 6.07) is 8.09. The average molecular weight is 377 g/mol. The second-order valence-corrected chi connectivity index (χ2v) is 6.29. The van der Waals surface area contributed by atoms with Gasteiger partial charge in [-0.05, 0) is 30.3 Å². The van der Waals surface area contributed by atoms with Crippen LogP contribution in [0.3, 0.4) is 0 Å². The van der Waals surface area contributed by atoms with Crippen molar-refractivity contribution in [1.29, 1.82) is 0 Å². The van der Waals surface area contributed by atoms with E-state index in [0.29, 0.717) is 38.1 Å². The van der Waals surface area contributed by atoms with Gasteiger partial charge in [-0.3, -0.25) is 9.59 Å². The van der Waals surface area contributed by atoms with Crippen molar-refractivity contribution in [3.8, 4) is 5.75 Å². The molecule has 0 unspecified atom stereocenters. The number of rotatable bonds is 3. The molecule has 2 heterocycles. The van der Waals surface area contributed by atoms with Crippen LogP contribution in [0.5, 0.6) is 5.75 Å². The SMILES string of the molecule is O=C1COc2ccc(C(=O)Cn3nnc4cc(Cl)c(Cl)cc43)cc2N1. The first-order chi connectivity index (χ1) is 12.0. The van der Waals surface area contributed by atoms with Gasteiger partial charge in [0.2, 0.25) is 0 Å². The summed E-state index contributed by atoms with van der Waals surface area (Å²) in [6.07, 6.45) is 0. The lowest BCUT2D eigenvalue weighted by atomic mass is 10.1. The van der Waals surface area contributed by atoms with E-state index in [-0.39, 0.29) is 24.8 Å². The zero-order valence-electron chi connectivity index (χ0n) is 12.6. The molecule has 0 radical (unpaired) electrons. The fourth-order valence-electron chi connectivity index (χ4n) is 2.56. The number of ketones is 1. The van der Waals surface area contributed by atoms with Gasteiger partial charge in [0, 0.05) is 5.56 Å². The van der Waals surface area contributed by atoms with Crippen molar-refractivity contribution >= 4 is 51.6 Å². The molecule has 0 saturated carbocycles. The number of nitrogens with zero attached hydrogens (tertiary/aromatic N) is 3. The van der Waals surface area contributed by atoms with Crippen LogP contribution in [-0.2, 0) is 11.3 Å². The Hall–Kier alpha value is -2.64. The number of carbonyl (C=O) groups excluding carboxylic acids is 2. The molecular formula is C16H10Cl2N4O3. The van der Waals surface area contributed by atoms with Crippen LogP contribution in [0.25, 0.3) is 11.0 Å². The Bertz CT molecular complexity index is 1030. The number of hydrogen-bond donors (Lipinski definition) is 1. The van der Waals surface area contributed by atoms with Crippen LogP contribution in [-0.4, -0.2) is 33.3 Å². The lowest BCUT2D eigenvalue weighted by Gasteiger charge is -2.18. The van der Waals surface area contributed by atoms with E-state index in [9.17, 15) is 9.59 Å². The Labute approximate surface area is 151 Å². The molecular weight excluding hydrogens is 367 g/mol. The van der Waals surface area contributed by atoms with Gasteiger partial charge >= 0.3 is 0 Å². The maximum absolute atomic E-state index is 12.6. The predicted molar refractivity (Wildman–Crippen MR) is 92.4 cm³/mol. The van der Waals surface area contributed by atoms with Gasteiger partial charge < -0.3 is 10.1 Å². The number of fused-ring (bicyclic) bond motifs is 2. The highest BCUT2D eigenvalue weighted by Crippen LogP contribution is 2.29. The minimum atomic E-state index is -0.258. The molecule has 0 bridgehead atoms. The molecule has 25 heavy (non-hydrogen) atoms. The minimum Gasteiger partial charge on any atom is -0.482 e. The summed E-state index contributed by atoms with van der Waals surface area (Å²) in [7, 11) is 0. The molecule has 0 saturated heterocycles. The Kier molecular flexibility index (Phi) is 3.82. The van der Waals surface area contributed by atoms with Gasteiger partial charge in [0.25, 0.3) is 5.91 Å². The number of halogens is 2. The molecule has 0 fully saturated rings. The van der Waals surface area contributed by atoms with Crippen LogP contribution in [0.2, 0.25) is 10.0 Å². The molecule has 0 aliphatic carbocycles. The Morgan fingerprint density at radius 3 is 2.88 bits per heavy atom. The van der Waals surface area contributed by atoms with Crippen molar-refractivity contribution in [3.63, 3.8) is 0 Å². The molecule has 9 heteroatoms. The van der Waals surface area contributed by atoms with E-state index in [0.717, 1.165) is 0 Å². The topological polar surface area (TPSA) is 86.1 Å². The average Bonchev–Trinajstić information content (AvgIpc) is 2.96. The number of benzene rings is 2. The van der Waals surface area contributed by atoms with E-state index in [2.05, 4.69) is 15.6 Å². The molecule has 1 N–H and O–H groups in total. The molecule has 4 rings (SSSR count). The summed E-state index contributed by atoms with van der Waals surface area (Å²) in [5.41, 5.74) is 2.05. The summed E-state index contributed by atoms with van der Waals surface area (Å²) in [4.78, 5) is 24.0. The highest BCUT2D eigenvalue weighted by atomic mass is 35.5. The fourth-order valence-corrected chi connectivity index (χ4v) is 2.88. The summed E-state index contributed by atoms with van der Waals surface area (Å²) in [5, 5.41) is 11.4. The normalized spacial score (nSPS) is 13.3. The maximum atomic E-state index is 12.6. The number of ether oxygens (including phenoxy) is 1. The van der Waals surface area contributed by atoms with Crippen molar-refractivity contribution in [2.75, 3.05) is 11.9 Å². The molecule has 0 spiro atoms. The number of nitrogens with one attached hydrogen (secondary N) is 1. The third-order valence-electron chi connectivity index (χ3n) is 3.78. The lowest BCUT2D eigenvalue weighted by molar-refractivity contribution is -0.118. The van der Waals surface area contributed by atoms with E-state index in [1.807, 2.05) is 0 Å². The van der Waals surface area contributed by atoms with Crippen LogP contribution < -0.4 is 10.1 Å². The van der Waals surface area contributed by atoms with Gasteiger partial charge in [0.15, 0.2) is 12.4 Å². The summed E-state index contributed by atoms with van der Waals surface area (Å²) in [6.45, 7) is -0.0589. The van der Waals surface area contributed by atoms with Crippen LogP contribution in [0.4, 0.5) is 5.69 Å². The van der Waals surface area contributed by atoms with Gasteiger partial charge in [-0.2, -0.15) is 0 Å².